The van der Waals surface area contributed by atoms with Crippen molar-refractivity contribution in [2.75, 3.05) is 24.6 Å². The predicted molar refractivity (Wildman–Crippen MR) is 70.8 cm³/mol. The molecule has 7 nitrogen and oxygen atoms in total. The maximum absolute atomic E-state index is 11.5. The largest absolute Gasteiger partial charge is 0.493 e. The Hall–Kier alpha value is -1.80. The van der Waals surface area contributed by atoms with Crippen LogP contribution >= 0.6 is 0 Å². The Bertz CT molecular complexity index is 556. The van der Waals surface area contributed by atoms with Gasteiger partial charge in [0.15, 0.2) is 11.5 Å². The SMILES string of the molecule is COc1cccc(NS(C)(=O)=O)c1OC(=O)CCN. The third kappa shape index (κ3) is 4.76. The molecule has 1 rings (SSSR count). The zero-order chi connectivity index (χ0) is 14.5. The molecule has 106 valence electrons. The van der Waals surface area contributed by atoms with Crippen LogP contribution in [0.25, 0.3) is 0 Å². The fourth-order valence-corrected chi connectivity index (χ4v) is 1.90. The minimum Gasteiger partial charge on any atom is -0.493 e. The third-order valence-corrected chi connectivity index (χ3v) is 2.65. The number of hydrogen-bond acceptors (Lipinski definition) is 6. The lowest BCUT2D eigenvalue weighted by Gasteiger charge is -2.14. The summed E-state index contributed by atoms with van der Waals surface area (Å²) in [4.78, 5) is 11.5. The molecule has 1 aromatic rings. The van der Waals surface area contributed by atoms with E-state index < -0.39 is 16.0 Å². The summed E-state index contributed by atoms with van der Waals surface area (Å²) >= 11 is 0. The Morgan fingerprint density at radius 2 is 2.11 bits per heavy atom. The quantitative estimate of drug-likeness (QED) is 0.576. The van der Waals surface area contributed by atoms with E-state index in [-0.39, 0.29) is 30.2 Å². The molecule has 0 unspecified atom stereocenters. The van der Waals surface area contributed by atoms with Gasteiger partial charge in [-0.2, -0.15) is 0 Å². The lowest BCUT2D eigenvalue weighted by atomic mass is 10.2. The fourth-order valence-electron chi connectivity index (χ4n) is 1.34. The Morgan fingerprint density at radius 1 is 1.42 bits per heavy atom. The second-order valence-corrected chi connectivity index (χ2v) is 5.47. The lowest BCUT2D eigenvalue weighted by Crippen LogP contribution is -2.16. The van der Waals surface area contributed by atoms with Gasteiger partial charge >= 0.3 is 5.97 Å². The number of nitrogens with two attached hydrogens (primary N) is 1. The van der Waals surface area contributed by atoms with Crippen molar-refractivity contribution < 1.29 is 22.7 Å². The molecule has 0 aliphatic heterocycles. The van der Waals surface area contributed by atoms with E-state index in [2.05, 4.69) is 4.72 Å². The summed E-state index contributed by atoms with van der Waals surface area (Å²) in [5, 5.41) is 0. The summed E-state index contributed by atoms with van der Waals surface area (Å²) in [5.74, 6) is -0.295. The molecule has 19 heavy (non-hydrogen) atoms. The molecular weight excluding hydrogens is 272 g/mol. The molecule has 0 aromatic heterocycles. The number of ether oxygens (including phenoxy) is 2. The van der Waals surface area contributed by atoms with Crippen LogP contribution in [0.5, 0.6) is 11.5 Å². The van der Waals surface area contributed by atoms with E-state index in [4.69, 9.17) is 15.2 Å². The number of nitrogens with one attached hydrogen (secondary N) is 1. The van der Waals surface area contributed by atoms with Gasteiger partial charge in [0.25, 0.3) is 0 Å². The van der Waals surface area contributed by atoms with Gasteiger partial charge in [-0.15, -0.1) is 0 Å². The Labute approximate surface area is 111 Å². The number of anilines is 1. The van der Waals surface area contributed by atoms with Gasteiger partial charge in [-0.1, -0.05) is 6.07 Å². The standard InChI is InChI=1S/C11H16N2O5S/c1-17-9-5-3-4-8(13-19(2,15)16)11(9)18-10(14)6-7-12/h3-5,13H,6-7,12H2,1-2H3. The van der Waals surface area contributed by atoms with Crippen molar-refractivity contribution in [3.05, 3.63) is 18.2 Å². The van der Waals surface area contributed by atoms with E-state index >= 15 is 0 Å². The summed E-state index contributed by atoms with van der Waals surface area (Å²) in [6.45, 7) is 0.142. The molecule has 0 bridgehead atoms. The Morgan fingerprint density at radius 3 is 2.63 bits per heavy atom. The van der Waals surface area contributed by atoms with E-state index in [9.17, 15) is 13.2 Å². The highest BCUT2D eigenvalue weighted by Gasteiger charge is 2.16. The van der Waals surface area contributed by atoms with Crippen LogP contribution in [-0.2, 0) is 14.8 Å². The van der Waals surface area contributed by atoms with Crippen molar-refractivity contribution in [3.8, 4) is 11.5 Å². The molecule has 0 saturated carbocycles. The van der Waals surface area contributed by atoms with Crippen LogP contribution < -0.4 is 19.9 Å². The van der Waals surface area contributed by atoms with Gasteiger partial charge in [0.1, 0.15) is 0 Å². The number of esters is 1. The van der Waals surface area contributed by atoms with Crippen molar-refractivity contribution >= 4 is 21.7 Å². The van der Waals surface area contributed by atoms with Crippen LogP contribution in [0, 0.1) is 0 Å². The molecule has 1 aromatic carbocycles. The van der Waals surface area contributed by atoms with E-state index in [0.29, 0.717) is 0 Å². The van der Waals surface area contributed by atoms with Crippen LogP contribution in [0.15, 0.2) is 18.2 Å². The average Bonchev–Trinajstić information content (AvgIpc) is 2.29. The maximum Gasteiger partial charge on any atom is 0.312 e. The van der Waals surface area contributed by atoms with Gasteiger partial charge in [-0.3, -0.25) is 9.52 Å². The number of para-hydroxylation sites is 1. The van der Waals surface area contributed by atoms with Gasteiger partial charge in [0.05, 0.1) is 25.5 Å². The first-order chi connectivity index (χ1) is 8.87. The molecule has 0 aliphatic carbocycles. The van der Waals surface area contributed by atoms with Gasteiger partial charge in [-0.25, -0.2) is 8.42 Å². The second kappa shape index (κ2) is 6.39. The van der Waals surface area contributed by atoms with Crippen LogP contribution in [0.4, 0.5) is 5.69 Å². The first kappa shape index (κ1) is 15.3. The first-order valence-corrected chi connectivity index (χ1v) is 7.32. The highest BCUT2D eigenvalue weighted by Crippen LogP contribution is 2.35. The summed E-state index contributed by atoms with van der Waals surface area (Å²) < 4.78 is 34.9. The number of carbonyl (C=O) groups excluding carboxylic acids is 1. The lowest BCUT2D eigenvalue weighted by molar-refractivity contribution is -0.134. The van der Waals surface area contributed by atoms with Crippen LogP contribution in [-0.4, -0.2) is 34.3 Å². The van der Waals surface area contributed by atoms with Crippen molar-refractivity contribution in [2.24, 2.45) is 5.73 Å². The smallest absolute Gasteiger partial charge is 0.312 e. The van der Waals surface area contributed by atoms with Gasteiger partial charge in [0, 0.05) is 6.54 Å². The Kier molecular flexibility index (Phi) is 5.13. The minimum atomic E-state index is -3.49. The summed E-state index contributed by atoms with van der Waals surface area (Å²) in [6.07, 6.45) is 1.02. The van der Waals surface area contributed by atoms with E-state index in [0.717, 1.165) is 6.26 Å². The molecule has 3 N–H and O–H groups in total. The van der Waals surface area contributed by atoms with E-state index in [1.165, 1.54) is 13.2 Å². The van der Waals surface area contributed by atoms with Crippen LogP contribution in [0.2, 0.25) is 0 Å². The van der Waals surface area contributed by atoms with Crippen molar-refractivity contribution in [1.82, 2.24) is 0 Å². The number of carbonyl (C=O) groups is 1. The van der Waals surface area contributed by atoms with Crippen molar-refractivity contribution in [1.29, 1.82) is 0 Å². The second-order valence-electron chi connectivity index (χ2n) is 3.72. The molecule has 0 heterocycles. The molecule has 0 saturated heterocycles. The molecular formula is C11H16N2O5S. The number of methoxy groups -OCH3 is 1. The van der Waals surface area contributed by atoms with E-state index in [1.807, 2.05) is 0 Å². The first-order valence-electron chi connectivity index (χ1n) is 5.43. The predicted octanol–water partition coefficient (Wildman–Crippen LogP) is 0.321. The highest BCUT2D eigenvalue weighted by molar-refractivity contribution is 7.92. The highest BCUT2D eigenvalue weighted by atomic mass is 32.2. The molecule has 8 heteroatoms. The average molecular weight is 288 g/mol. The summed E-state index contributed by atoms with van der Waals surface area (Å²) in [7, 11) is -2.11. The minimum absolute atomic E-state index is 0.0221. The molecule has 0 radical (unpaired) electrons. The van der Waals surface area contributed by atoms with Crippen LogP contribution in [0.1, 0.15) is 6.42 Å². The topological polar surface area (TPSA) is 108 Å². The zero-order valence-corrected chi connectivity index (χ0v) is 11.5. The third-order valence-electron chi connectivity index (χ3n) is 2.06. The maximum atomic E-state index is 11.5. The number of rotatable bonds is 6. The Balaban J connectivity index is 3.13. The van der Waals surface area contributed by atoms with Gasteiger partial charge in [-0.05, 0) is 12.1 Å². The number of hydrogen-bond donors (Lipinski definition) is 2. The molecule has 0 amide bonds. The molecule has 0 spiro atoms. The number of sulfonamides is 1. The normalized spacial score (nSPS) is 10.9. The van der Waals surface area contributed by atoms with Crippen LogP contribution in [0.3, 0.4) is 0 Å². The van der Waals surface area contributed by atoms with Crippen molar-refractivity contribution in [2.45, 2.75) is 6.42 Å². The molecule has 0 fully saturated rings. The fraction of sp³-hybridized carbons (Fsp3) is 0.364. The van der Waals surface area contributed by atoms with Crippen molar-refractivity contribution in [3.63, 3.8) is 0 Å². The number of benzene rings is 1. The van der Waals surface area contributed by atoms with Gasteiger partial charge < -0.3 is 15.2 Å². The zero-order valence-electron chi connectivity index (χ0n) is 10.7. The monoisotopic (exact) mass is 288 g/mol. The molecule has 0 aliphatic rings. The molecule has 0 atom stereocenters. The summed E-state index contributed by atoms with van der Waals surface area (Å²) in [6, 6.07) is 4.60. The summed E-state index contributed by atoms with van der Waals surface area (Å²) in [5.41, 5.74) is 5.38. The van der Waals surface area contributed by atoms with E-state index in [1.54, 1.807) is 12.1 Å². The van der Waals surface area contributed by atoms with Gasteiger partial charge in [0.2, 0.25) is 10.0 Å².